The lowest BCUT2D eigenvalue weighted by Gasteiger charge is -2.06. The number of H-pyrrole nitrogens is 1. The molecule has 0 aliphatic heterocycles. The van der Waals surface area contributed by atoms with E-state index in [2.05, 4.69) is 20.5 Å². The number of nitriles is 1. The second-order valence-electron chi connectivity index (χ2n) is 7.36. The summed E-state index contributed by atoms with van der Waals surface area (Å²) in [5.41, 5.74) is 6.60. The molecule has 32 heavy (non-hydrogen) atoms. The number of fused-ring (bicyclic) bond motifs is 1. The predicted octanol–water partition coefficient (Wildman–Crippen LogP) is 5.32. The van der Waals surface area contributed by atoms with Crippen LogP contribution in [0.25, 0.3) is 33.8 Å². The third-order valence-corrected chi connectivity index (χ3v) is 5.11. The molecule has 0 saturated heterocycles. The molecular formula is C25H17N5O2. The van der Waals surface area contributed by atoms with Gasteiger partial charge < -0.3 is 9.73 Å². The summed E-state index contributed by atoms with van der Waals surface area (Å²) in [6, 6.07) is 21.8. The van der Waals surface area contributed by atoms with Crippen LogP contribution in [-0.4, -0.2) is 21.1 Å². The summed E-state index contributed by atoms with van der Waals surface area (Å²) in [6.07, 6.45) is 1.76. The van der Waals surface area contributed by atoms with Gasteiger partial charge in [0.15, 0.2) is 5.58 Å². The van der Waals surface area contributed by atoms with E-state index in [1.54, 1.807) is 30.5 Å². The summed E-state index contributed by atoms with van der Waals surface area (Å²) < 4.78 is 5.92. The van der Waals surface area contributed by atoms with E-state index < -0.39 is 0 Å². The molecule has 7 heteroatoms. The molecule has 0 aliphatic rings. The second kappa shape index (κ2) is 7.85. The zero-order valence-corrected chi connectivity index (χ0v) is 17.1. The monoisotopic (exact) mass is 419 g/mol. The fraction of sp³-hybridized carbons (Fsp3) is 0.0400. The normalized spacial score (nSPS) is 10.8. The van der Waals surface area contributed by atoms with Crippen molar-refractivity contribution in [1.82, 2.24) is 15.2 Å². The molecule has 5 rings (SSSR count). The Kier molecular flexibility index (Phi) is 4.73. The Hall–Kier alpha value is -4.70. The van der Waals surface area contributed by atoms with Gasteiger partial charge in [-0.1, -0.05) is 18.2 Å². The Morgan fingerprint density at radius 3 is 2.59 bits per heavy atom. The molecular weight excluding hydrogens is 402 g/mol. The van der Waals surface area contributed by atoms with E-state index in [1.807, 2.05) is 55.5 Å². The number of hydrogen-bond acceptors (Lipinski definition) is 5. The fourth-order valence-corrected chi connectivity index (χ4v) is 3.44. The highest BCUT2D eigenvalue weighted by atomic mass is 16.3. The van der Waals surface area contributed by atoms with Gasteiger partial charge >= 0.3 is 0 Å². The first-order valence-electron chi connectivity index (χ1n) is 9.94. The summed E-state index contributed by atoms with van der Waals surface area (Å²) in [5, 5.41) is 19.0. The number of aryl methyl sites for hydroxylation is 1. The molecule has 0 aliphatic carbocycles. The Labute approximate surface area is 183 Å². The van der Waals surface area contributed by atoms with Crippen LogP contribution in [0.1, 0.15) is 21.5 Å². The minimum atomic E-state index is -0.246. The first kappa shape index (κ1) is 19.3. The lowest BCUT2D eigenvalue weighted by atomic mass is 10.1. The number of hydrogen-bond donors (Lipinski definition) is 2. The van der Waals surface area contributed by atoms with Crippen molar-refractivity contribution in [3.8, 4) is 28.8 Å². The van der Waals surface area contributed by atoms with Crippen molar-refractivity contribution in [2.45, 2.75) is 6.92 Å². The van der Waals surface area contributed by atoms with E-state index in [1.165, 1.54) is 0 Å². The van der Waals surface area contributed by atoms with Gasteiger partial charge in [-0.15, -0.1) is 0 Å². The quantitative estimate of drug-likeness (QED) is 0.410. The fourth-order valence-electron chi connectivity index (χ4n) is 3.44. The van der Waals surface area contributed by atoms with Crippen LogP contribution in [0.15, 0.2) is 77.3 Å². The largest absolute Gasteiger partial charge is 0.436 e. The molecule has 1 amide bonds. The van der Waals surface area contributed by atoms with Gasteiger partial charge in [0.2, 0.25) is 5.89 Å². The molecule has 0 bridgehead atoms. The molecule has 2 aromatic heterocycles. The predicted molar refractivity (Wildman–Crippen MR) is 121 cm³/mol. The van der Waals surface area contributed by atoms with Gasteiger partial charge in [0.05, 0.1) is 17.2 Å². The number of aromatic amines is 1. The summed E-state index contributed by atoms with van der Waals surface area (Å²) in [4.78, 5) is 17.0. The van der Waals surface area contributed by atoms with Crippen LogP contribution in [0, 0.1) is 18.3 Å². The maximum Gasteiger partial charge on any atom is 0.255 e. The van der Waals surface area contributed by atoms with Crippen LogP contribution in [0.3, 0.4) is 0 Å². The molecule has 0 spiro atoms. The van der Waals surface area contributed by atoms with E-state index in [0.717, 1.165) is 27.8 Å². The van der Waals surface area contributed by atoms with Gasteiger partial charge in [-0.3, -0.25) is 9.89 Å². The van der Waals surface area contributed by atoms with Crippen molar-refractivity contribution >= 4 is 22.7 Å². The molecule has 0 fully saturated rings. The number of oxazole rings is 1. The first-order valence-corrected chi connectivity index (χ1v) is 9.94. The Morgan fingerprint density at radius 1 is 1.06 bits per heavy atom. The molecule has 0 atom stereocenters. The number of anilines is 1. The number of amides is 1. The number of nitrogens with one attached hydrogen (secondary N) is 2. The molecule has 7 nitrogen and oxygen atoms in total. The zero-order valence-electron chi connectivity index (χ0n) is 17.1. The van der Waals surface area contributed by atoms with Gasteiger partial charge in [-0.05, 0) is 61.0 Å². The standard InChI is InChI=1S/C25H17N5O2/c1-15-2-11-22-21(12-15)29-25(32-22)20-14-27-30-23(20)17-7-9-19(10-8-17)28-24(31)18-5-3-16(13-26)4-6-18/h2-12,14H,1H3,(H,27,30)(H,28,31). The number of carbonyl (C=O) groups is 1. The minimum absolute atomic E-state index is 0.246. The lowest BCUT2D eigenvalue weighted by Crippen LogP contribution is -2.11. The number of nitrogens with zero attached hydrogens (tertiary/aromatic N) is 3. The van der Waals surface area contributed by atoms with E-state index in [4.69, 9.17) is 9.68 Å². The van der Waals surface area contributed by atoms with Gasteiger partial charge in [-0.25, -0.2) is 4.98 Å². The summed E-state index contributed by atoms with van der Waals surface area (Å²) >= 11 is 0. The van der Waals surface area contributed by atoms with E-state index in [9.17, 15) is 4.79 Å². The molecule has 2 N–H and O–H groups in total. The van der Waals surface area contributed by atoms with E-state index in [0.29, 0.717) is 28.4 Å². The summed E-state index contributed by atoms with van der Waals surface area (Å²) in [7, 11) is 0. The van der Waals surface area contributed by atoms with Gasteiger partial charge in [0.1, 0.15) is 11.2 Å². The summed E-state index contributed by atoms with van der Waals surface area (Å²) in [5.74, 6) is 0.247. The van der Waals surface area contributed by atoms with E-state index in [-0.39, 0.29) is 5.91 Å². The maximum absolute atomic E-state index is 12.4. The second-order valence-corrected chi connectivity index (χ2v) is 7.36. The topological polar surface area (TPSA) is 108 Å². The van der Waals surface area contributed by atoms with Crippen molar-refractivity contribution in [3.63, 3.8) is 0 Å². The molecule has 0 radical (unpaired) electrons. The molecule has 0 saturated carbocycles. The average Bonchev–Trinajstić information content (AvgIpc) is 3.46. The van der Waals surface area contributed by atoms with Crippen LogP contribution in [0.4, 0.5) is 5.69 Å². The van der Waals surface area contributed by atoms with Gasteiger partial charge in [0.25, 0.3) is 5.91 Å². The van der Waals surface area contributed by atoms with E-state index >= 15 is 0 Å². The number of rotatable bonds is 4. The van der Waals surface area contributed by atoms with Crippen molar-refractivity contribution in [3.05, 3.63) is 89.6 Å². The van der Waals surface area contributed by atoms with Crippen molar-refractivity contribution in [2.75, 3.05) is 5.32 Å². The van der Waals surface area contributed by atoms with Crippen molar-refractivity contribution in [2.24, 2.45) is 0 Å². The Morgan fingerprint density at radius 2 is 1.84 bits per heavy atom. The summed E-state index contributed by atoms with van der Waals surface area (Å²) in [6.45, 7) is 2.01. The molecule has 3 aromatic carbocycles. The first-order chi connectivity index (χ1) is 15.6. The zero-order chi connectivity index (χ0) is 22.1. The van der Waals surface area contributed by atoms with Crippen LogP contribution < -0.4 is 5.32 Å². The van der Waals surface area contributed by atoms with Crippen LogP contribution in [0.2, 0.25) is 0 Å². The van der Waals surface area contributed by atoms with Crippen molar-refractivity contribution < 1.29 is 9.21 Å². The SMILES string of the molecule is Cc1ccc2oc(-c3c[nH]nc3-c3ccc(NC(=O)c4ccc(C#N)cc4)cc3)nc2c1. The smallest absolute Gasteiger partial charge is 0.255 e. The number of benzene rings is 3. The maximum atomic E-state index is 12.4. The van der Waals surface area contributed by atoms with Crippen LogP contribution in [0.5, 0.6) is 0 Å². The molecule has 0 unspecified atom stereocenters. The Bertz CT molecular complexity index is 1470. The van der Waals surface area contributed by atoms with Gasteiger partial charge in [0, 0.05) is 23.0 Å². The molecule has 154 valence electrons. The third kappa shape index (κ3) is 3.61. The lowest BCUT2D eigenvalue weighted by molar-refractivity contribution is 0.102. The highest BCUT2D eigenvalue weighted by molar-refractivity contribution is 6.04. The number of carbonyl (C=O) groups excluding carboxylic acids is 1. The number of aromatic nitrogens is 3. The van der Waals surface area contributed by atoms with Crippen LogP contribution >= 0.6 is 0 Å². The highest BCUT2D eigenvalue weighted by Gasteiger charge is 2.16. The Balaban J connectivity index is 1.38. The highest BCUT2D eigenvalue weighted by Crippen LogP contribution is 2.32. The average molecular weight is 419 g/mol. The molecule has 5 aromatic rings. The minimum Gasteiger partial charge on any atom is -0.436 e. The van der Waals surface area contributed by atoms with Gasteiger partial charge in [-0.2, -0.15) is 10.4 Å². The van der Waals surface area contributed by atoms with Crippen molar-refractivity contribution in [1.29, 1.82) is 5.26 Å². The van der Waals surface area contributed by atoms with Crippen LogP contribution in [-0.2, 0) is 0 Å². The molecule has 2 heterocycles. The third-order valence-electron chi connectivity index (χ3n) is 5.11.